The van der Waals surface area contributed by atoms with Crippen LogP contribution in [0.1, 0.15) is 22.9 Å². The highest BCUT2D eigenvalue weighted by atomic mass is 35.5. The summed E-state index contributed by atoms with van der Waals surface area (Å²) in [5.41, 5.74) is 3.62. The van der Waals surface area contributed by atoms with Crippen LogP contribution >= 0.6 is 11.6 Å². The SMILES string of the molecule is Cc1cccn2c(CNC(CO)c3ccc(Cl)c(F)c3)cnc12. The molecule has 0 aliphatic heterocycles. The molecule has 0 spiro atoms. The number of nitrogens with one attached hydrogen (secondary N) is 1. The first kappa shape index (κ1) is 15.9. The van der Waals surface area contributed by atoms with E-state index in [9.17, 15) is 9.50 Å². The van der Waals surface area contributed by atoms with E-state index >= 15 is 0 Å². The normalized spacial score (nSPS) is 12.7. The molecule has 23 heavy (non-hydrogen) atoms. The maximum absolute atomic E-state index is 13.6. The smallest absolute Gasteiger partial charge is 0.142 e. The van der Waals surface area contributed by atoms with Gasteiger partial charge in [0.05, 0.1) is 29.6 Å². The lowest BCUT2D eigenvalue weighted by Crippen LogP contribution is -2.24. The molecule has 2 heterocycles. The highest BCUT2D eigenvalue weighted by Gasteiger charge is 2.13. The summed E-state index contributed by atoms with van der Waals surface area (Å²) < 4.78 is 15.6. The summed E-state index contributed by atoms with van der Waals surface area (Å²) in [5, 5.41) is 12.9. The highest BCUT2D eigenvalue weighted by Crippen LogP contribution is 2.21. The third kappa shape index (κ3) is 3.22. The number of imidazole rings is 1. The fourth-order valence-electron chi connectivity index (χ4n) is 2.58. The molecule has 0 fully saturated rings. The van der Waals surface area contributed by atoms with E-state index in [0.717, 1.165) is 16.9 Å². The van der Waals surface area contributed by atoms with Gasteiger partial charge >= 0.3 is 0 Å². The van der Waals surface area contributed by atoms with Crippen molar-refractivity contribution in [2.45, 2.75) is 19.5 Å². The van der Waals surface area contributed by atoms with Gasteiger partial charge in [-0.05, 0) is 36.2 Å². The van der Waals surface area contributed by atoms with Gasteiger partial charge in [-0.3, -0.25) is 0 Å². The third-order valence-electron chi connectivity index (χ3n) is 3.87. The fourth-order valence-corrected chi connectivity index (χ4v) is 2.70. The van der Waals surface area contributed by atoms with Crippen molar-refractivity contribution in [2.24, 2.45) is 0 Å². The largest absolute Gasteiger partial charge is 0.394 e. The topological polar surface area (TPSA) is 49.6 Å². The zero-order valence-electron chi connectivity index (χ0n) is 12.6. The summed E-state index contributed by atoms with van der Waals surface area (Å²) in [7, 11) is 0. The van der Waals surface area contributed by atoms with Crippen LogP contribution in [0, 0.1) is 12.7 Å². The Balaban J connectivity index is 1.79. The number of aryl methyl sites for hydroxylation is 1. The van der Waals surface area contributed by atoms with Gasteiger partial charge in [0.2, 0.25) is 0 Å². The number of nitrogens with zero attached hydrogens (tertiary/aromatic N) is 2. The zero-order valence-corrected chi connectivity index (χ0v) is 13.4. The molecule has 0 amide bonds. The van der Waals surface area contributed by atoms with Crippen molar-refractivity contribution in [1.29, 1.82) is 0 Å². The minimum Gasteiger partial charge on any atom is -0.394 e. The van der Waals surface area contributed by atoms with Crippen LogP contribution in [0.15, 0.2) is 42.7 Å². The van der Waals surface area contributed by atoms with Crippen LogP contribution in [-0.2, 0) is 6.54 Å². The third-order valence-corrected chi connectivity index (χ3v) is 4.17. The molecule has 0 saturated heterocycles. The summed E-state index contributed by atoms with van der Waals surface area (Å²) in [6, 6.07) is 8.14. The number of fused-ring (bicyclic) bond motifs is 1. The van der Waals surface area contributed by atoms with Crippen molar-refractivity contribution in [2.75, 3.05) is 6.61 Å². The Kier molecular flexibility index (Phi) is 4.61. The lowest BCUT2D eigenvalue weighted by atomic mass is 10.1. The molecule has 120 valence electrons. The molecule has 1 aromatic carbocycles. The van der Waals surface area contributed by atoms with E-state index in [1.807, 2.05) is 29.7 Å². The first-order chi connectivity index (χ1) is 11.1. The van der Waals surface area contributed by atoms with Gasteiger partial charge in [-0.25, -0.2) is 9.37 Å². The van der Waals surface area contributed by atoms with Gasteiger partial charge in [0, 0.05) is 12.7 Å². The minimum absolute atomic E-state index is 0.0719. The Morgan fingerprint density at radius 1 is 1.39 bits per heavy atom. The number of pyridine rings is 1. The minimum atomic E-state index is -0.491. The van der Waals surface area contributed by atoms with Crippen LogP contribution in [0.2, 0.25) is 5.02 Å². The van der Waals surface area contributed by atoms with Crippen LogP contribution in [0.25, 0.3) is 5.65 Å². The molecule has 0 saturated carbocycles. The Hall–Kier alpha value is -1.95. The number of hydrogen-bond acceptors (Lipinski definition) is 3. The molecule has 0 aliphatic rings. The van der Waals surface area contributed by atoms with Crippen molar-refractivity contribution >= 4 is 17.2 Å². The van der Waals surface area contributed by atoms with Crippen molar-refractivity contribution < 1.29 is 9.50 Å². The maximum Gasteiger partial charge on any atom is 0.142 e. The van der Waals surface area contributed by atoms with Crippen molar-refractivity contribution in [1.82, 2.24) is 14.7 Å². The number of aliphatic hydroxyl groups excluding tert-OH is 1. The van der Waals surface area contributed by atoms with Crippen LogP contribution in [0.3, 0.4) is 0 Å². The average molecular weight is 334 g/mol. The molecule has 4 nitrogen and oxygen atoms in total. The Labute approximate surface area is 138 Å². The summed E-state index contributed by atoms with van der Waals surface area (Å²) >= 11 is 5.70. The second-order valence-corrected chi connectivity index (χ2v) is 5.83. The lowest BCUT2D eigenvalue weighted by molar-refractivity contribution is 0.243. The van der Waals surface area contributed by atoms with Crippen molar-refractivity contribution in [3.8, 4) is 0 Å². The zero-order chi connectivity index (χ0) is 16.4. The number of hydrogen-bond donors (Lipinski definition) is 2. The molecule has 6 heteroatoms. The first-order valence-electron chi connectivity index (χ1n) is 7.31. The van der Waals surface area contributed by atoms with E-state index in [2.05, 4.69) is 10.3 Å². The molecule has 0 bridgehead atoms. The van der Waals surface area contributed by atoms with Crippen LogP contribution < -0.4 is 5.32 Å². The summed E-state index contributed by atoms with van der Waals surface area (Å²) in [4.78, 5) is 4.40. The van der Waals surface area contributed by atoms with E-state index in [4.69, 9.17) is 11.6 Å². The number of halogens is 2. The first-order valence-corrected chi connectivity index (χ1v) is 7.68. The van der Waals surface area contributed by atoms with Crippen LogP contribution in [-0.4, -0.2) is 21.1 Å². The Bertz CT molecular complexity index is 834. The molecule has 2 aromatic heterocycles. The van der Waals surface area contributed by atoms with E-state index < -0.39 is 5.82 Å². The number of rotatable bonds is 5. The maximum atomic E-state index is 13.6. The molecule has 1 atom stereocenters. The highest BCUT2D eigenvalue weighted by molar-refractivity contribution is 6.30. The second kappa shape index (κ2) is 6.66. The van der Waals surface area contributed by atoms with Gasteiger partial charge in [0.25, 0.3) is 0 Å². The molecule has 3 rings (SSSR count). The van der Waals surface area contributed by atoms with E-state index in [1.165, 1.54) is 12.1 Å². The van der Waals surface area contributed by atoms with Gasteiger partial charge in [-0.15, -0.1) is 0 Å². The fraction of sp³-hybridized carbons (Fsp3) is 0.235. The van der Waals surface area contributed by atoms with Crippen molar-refractivity contribution in [3.05, 3.63) is 70.4 Å². The average Bonchev–Trinajstić information content (AvgIpc) is 2.96. The summed E-state index contributed by atoms with van der Waals surface area (Å²) in [5.74, 6) is -0.491. The number of aliphatic hydroxyl groups is 1. The van der Waals surface area contributed by atoms with Gasteiger partial charge < -0.3 is 14.8 Å². The number of aromatic nitrogens is 2. The second-order valence-electron chi connectivity index (χ2n) is 5.42. The molecule has 3 aromatic rings. The van der Waals surface area contributed by atoms with Gasteiger partial charge in [-0.1, -0.05) is 23.7 Å². The van der Waals surface area contributed by atoms with Gasteiger partial charge in [0.1, 0.15) is 11.5 Å². The molecular formula is C17H17ClFN3O. The molecule has 0 radical (unpaired) electrons. The van der Waals surface area contributed by atoms with E-state index in [0.29, 0.717) is 12.1 Å². The van der Waals surface area contributed by atoms with Crippen molar-refractivity contribution in [3.63, 3.8) is 0 Å². The molecule has 2 N–H and O–H groups in total. The van der Waals surface area contributed by atoms with Crippen LogP contribution in [0.4, 0.5) is 4.39 Å². The lowest BCUT2D eigenvalue weighted by Gasteiger charge is -2.17. The quantitative estimate of drug-likeness (QED) is 0.753. The summed E-state index contributed by atoms with van der Waals surface area (Å²) in [6.45, 7) is 2.36. The Morgan fingerprint density at radius 3 is 2.96 bits per heavy atom. The molecule has 1 unspecified atom stereocenters. The van der Waals surface area contributed by atoms with E-state index in [1.54, 1.807) is 12.3 Å². The van der Waals surface area contributed by atoms with E-state index in [-0.39, 0.29) is 17.7 Å². The van der Waals surface area contributed by atoms with Gasteiger partial charge in [-0.2, -0.15) is 0 Å². The molecular weight excluding hydrogens is 317 g/mol. The molecule has 0 aliphatic carbocycles. The van der Waals surface area contributed by atoms with Crippen LogP contribution in [0.5, 0.6) is 0 Å². The number of benzene rings is 1. The predicted octanol–water partition coefficient (Wildman–Crippen LogP) is 3.26. The standard InChI is InChI=1S/C17H17ClFN3O/c1-11-3-2-6-22-13(9-21-17(11)22)8-20-16(10-23)12-4-5-14(18)15(19)7-12/h2-7,9,16,20,23H,8,10H2,1H3. The summed E-state index contributed by atoms with van der Waals surface area (Å²) in [6.07, 6.45) is 3.74. The monoisotopic (exact) mass is 333 g/mol. The Morgan fingerprint density at radius 2 is 2.22 bits per heavy atom. The predicted molar refractivity (Wildman–Crippen MR) is 88.0 cm³/mol. The van der Waals surface area contributed by atoms with Gasteiger partial charge in [0.15, 0.2) is 0 Å².